The van der Waals surface area contributed by atoms with E-state index in [1.165, 1.54) is 6.07 Å². The number of nitrogens with one attached hydrogen (secondary N) is 3. The van der Waals surface area contributed by atoms with Crippen LogP contribution in [0.3, 0.4) is 0 Å². The first-order chi connectivity index (χ1) is 23.3. The van der Waals surface area contributed by atoms with Gasteiger partial charge in [0.2, 0.25) is 17.7 Å². The number of alkyl halides is 3. The molecule has 6 atom stereocenters. The van der Waals surface area contributed by atoms with E-state index >= 15 is 0 Å². The average Bonchev–Trinajstić information content (AvgIpc) is 3.34. The number of amides is 4. The maximum Gasteiger partial charge on any atom is 0.471 e. The maximum absolute atomic E-state index is 14.3. The lowest BCUT2D eigenvalue weighted by molar-refractivity contribution is -0.176. The highest BCUT2D eigenvalue weighted by atomic mass is 19.4. The van der Waals surface area contributed by atoms with E-state index in [0.717, 1.165) is 5.32 Å². The van der Waals surface area contributed by atoms with Crippen LogP contribution in [0.15, 0.2) is 0 Å². The number of fused-ring (bicyclic) bond motifs is 1. The van der Waals surface area contributed by atoms with Gasteiger partial charge < -0.3 is 20.9 Å². The Kier molecular flexibility index (Phi) is 2.95. The molecule has 4 amide bonds. The van der Waals surface area contributed by atoms with Crippen LogP contribution in [0.5, 0.6) is 0 Å². The molecule has 3 rings (SSSR count). The van der Waals surface area contributed by atoms with Crippen molar-refractivity contribution < 1.29 is 57.0 Å². The Morgan fingerprint density at radius 3 is 2.54 bits per heavy atom. The summed E-state index contributed by atoms with van der Waals surface area (Å²) in [6.07, 6.45) is -7.86. The lowest BCUT2D eigenvalue weighted by Crippen LogP contribution is -2.61. The first kappa shape index (κ1) is 11.5. The van der Waals surface area contributed by atoms with E-state index in [1.807, 2.05) is 10.6 Å². The minimum Gasteiger partial charge on any atom is -0.356 e. The molecule has 0 unspecified atom stereocenters. The van der Waals surface area contributed by atoms with Crippen LogP contribution >= 0.6 is 0 Å². The number of nitriles is 1. The minimum atomic E-state index is -6.02. The summed E-state index contributed by atoms with van der Waals surface area (Å²) in [4.78, 5) is 53.0. The Bertz CT molecular complexity index is 1520. The van der Waals surface area contributed by atoms with Crippen LogP contribution in [-0.2, 0) is 19.2 Å². The Labute approximate surface area is 227 Å². The molecule has 2 heterocycles. The summed E-state index contributed by atoms with van der Waals surface area (Å²) in [5.41, 5.74) is -7.45. The van der Waals surface area contributed by atoms with Gasteiger partial charge in [0.1, 0.15) is 18.1 Å². The zero-order valence-corrected chi connectivity index (χ0v) is 17.7. The van der Waals surface area contributed by atoms with Crippen LogP contribution in [0.4, 0.5) is 13.2 Å². The third kappa shape index (κ3) is 5.23. The summed E-state index contributed by atoms with van der Waals surface area (Å²) in [6.45, 7) is -24.1. The summed E-state index contributed by atoms with van der Waals surface area (Å²) >= 11 is 0. The molecular formula is C23H32F3N5O4. The second-order valence-corrected chi connectivity index (χ2v) is 8.45. The van der Waals surface area contributed by atoms with Crippen LogP contribution in [-0.4, -0.2) is 65.9 Å². The molecule has 0 aromatic heterocycles. The molecule has 2 saturated heterocycles. The zero-order chi connectivity index (χ0) is 41.7. The summed E-state index contributed by atoms with van der Waals surface area (Å²) in [5.74, 6) is -14.7. The molecule has 3 fully saturated rings. The summed E-state index contributed by atoms with van der Waals surface area (Å²) in [5, 5.41) is 14.4. The second-order valence-electron chi connectivity index (χ2n) is 8.45. The van der Waals surface area contributed by atoms with Gasteiger partial charge in [0, 0.05) is 43.6 Å². The van der Waals surface area contributed by atoms with Crippen molar-refractivity contribution in [1.29, 1.82) is 5.26 Å². The number of rotatable bonds is 6. The fraction of sp³-hybridized carbons (Fsp3) is 0.783. The minimum absolute atomic E-state index is 0.0332. The van der Waals surface area contributed by atoms with Crippen molar-refractivity contribution in [3.8, 4) is 6.07 Å². The van der Waals surface area contributed by atoms with E-state index in [0.29, 0.717) is 0 Å². The van der Waals surface area contributed by atoms with E-state index in [4.69, 9.17) is 24.7 Å². The summed E-state index contributed by atoms with van der Waals surface area (Å²) in [6, 6.07) is -6.79. The molecule has 35 heavy (non-hydrogen) atoms. The van der Waals surface area contributed by atoms with Gasteiger partial charge in [-0.3, -0.25) is 19.2 Å². The monoisotopic (exact) mass is 517 g/mol. The fourth-order valence-electron chi connectivity index (χ4n) is 4.20. The van der Waals surface area contributed by atoms with Crippen molar-refractivity contribution >= 4 is 23.6 Å². The zero-order valence-electron chi connectivity index (χ0n) is 35.7. The molecule has 194 valence electrons. The number of carbonyl (C=O) groups excluding carboxylic acids is 4. The number of hydrogen-bond acceptors (Lipinski definition) is 5. The maximum atomic E-state index is 14.3. The smallest absolute Gasteiger partial charge is 0.356 e. The van der Waals surface area contributed by atoms with Gasteiger partial charge in [-0.1, -0.05) is 34.3 Å². The Morgan fingerprint density at radius 2 is 2.03 bits per heavy atom. The van der Waals surface area contributed by atoms with E-state index < -0.39 is 137 Å². The first-order valence-corrected chi connectivity index (χ1v) is 10.0. The SMILES string of the molecule is [2H]C1([2H])C[C@@]([2H])(C[C@@H](C#N)NC(=O)[C@@H]2[C@@H]3[C@H](CN2C(=O)[C@@H](NC(=O)C(F)(F)F)C(C([2H])([2H])[2H])(C([2H])([2H])[2H])C([2H])([2H])[2H])C3(C([2H])([2H])[2H])C([2H])([2H])[2H])C(=O)N1. The van der Waals surface area contributed by atoms with Gasteiger partial charge in [-0.15, -0.1) is 0 Å². The standard InChI is InChI=1S/C23H32F3N5O4/c1-21(2,3)16(30-20(35)23(24,25)26)19(34)31-10-13-14(22(13,4)5)15(31)18(33)29-12(9-27)8-11-6-7-28-17(11)32/h11-16H,6-8,10H2,1-5H3,(H,28,32)(H,29,33)(H,30,35)/t11-,12-,13-,14-,15-,16+/m0/s1/i1D3,2D3,3D3,4D3,5D3,7D2,11D. The lowest BCUT2D eigenvalue weighted by atomic mass is 9.85. The average molecular weight is 518 g/mol. The van der Waals surface area contributed by atoms with Gasteiger partial charge in [-0.25, -0.2) is 0 Å². The van der Waals surface area contributed by atoms with Gasteiger partial charge in [-0.05, 0) is 35.5 Å². The molecule has 0 aromatic carbocycles. The largest absolute Gasteiger partial charge is 0.471 e. The quantitative estimate of drug-likeness (QED) is 0.486. The molecule has 3 N–H and O–H groups in total. The van der Waals surface area contributed by atoms with E-state index in [9.17, 15) is 37.6 Å². The predicted octanol–water partition coefficient (Wildman–Crippen LogP) is 1.10. The lowest BCUT2D eigenvalue weighted by Gasteiger charge is -2.37. The van der Waals surface area contributed by atoms with Crippen molar-refractivity contribution in [3.05, 3.63) is 0 Å². The van der Waals surface area contributed by atoms with E-state index in [-0.39, 0.29) is 4.90 Å². The third-order valence-electron chi connectivity index (χ3n) is 6.02. The highest BCUT2D eigenvalue weighted by Crippen LogP contribution is 2.65. The normalized spacial score (nSPS) is 41.8. The van der Waals surface area contributed by atoms with Crippen molar-refractivity contribution in [2.24, 2.45) is 28.6 Å². The van der Waals surface area contributed by atoms with Crippen molar-refractivity contribution in [3.63, 3.8) is 0 Å². The molecule has 12 heteroatoms. The molecule has 0 spiro atoms. The Balaban J connectivity index is 2.27. The van der Waals surface area contributed by atoms with Crippen LogP contribution in [0.25, 0.3) is 0 Å². The Morgan fingerprint density at radius 1 is 1.34 bits per heavy atom. The molecule has 3 aliphatic rings. The topological polar surface area (TPSA) is 131 Å². The van der Waals surface area contributed by atoms with Gasteiger partial charge in [0.05, 0.1) is 6.07 Å². The number of halogens is 3. The summed E-state index contributed by atoms with van der Waals surface area (Å²) in [7, 11) is 0. The number of hydrogen-bond donors (Lipinski definition) is 3. The molecule has 1 aliphatic carbocycles. The summed E-state index contributed by atoms with van der Waals surface area (Å²) < 4.78 is 184. The van der Waals surface area contributed by atoms with Crippen LogP contribution in [0, 0.1) is 39.9 Å². The second kappa shape index (κ2) is 8.99. The van der Waals surface area contributed by atoms with Crippen molar-refractivity contribution in [1.82, 2.24) is 20.9 Å². The van der Waals surface area contributed by atoms with Crippen LogP contribution < -0.4 is 16.0 Å². The number of likely N-dealkylation sites (tertiary alicyclic amines) is 1. The molecule has 9 nitrogen and oxygen atoms in total. The highest BCUT2D eigenvalue weighted by molar-refractivity contribution is 5.95. The van der Waals surface area contributed by atoms with Gasteiger partial charge in [-0.2, -0.15) is 18.4 Å². The van der Waals surface area contributed by atoms with Gasteiger partial charge in [0.15, 0.2) is 0 Å². The van der Waals surface area contributed by atoms with E-state index in [2.05, 4.69) is 0 Å². The van der Waals surface area contributed by atoms with Crippen molar-refractivity contribution in [2.75, 3.05) is 13.0 Å². The van der Waals surface area contributed by atoms with Gasteiger partial charge in [0.25, 0.3) is 0 Å². The molecular weight excluding hydrogens is 467 g/mol. The van der Waals surface area contributed by atoms with Crippen LogP contribution in [0.1, 0.15) is 71.8 Å². The van der Waals surface area contributed by atoms with Crippen molar-refractivity contribution in [2.45, 2.75) is 71.4 Å². The number of nitrogens with zero attached hydrogens (tertiary/aromatic N) is 2. The molecule has 0 radical (unpaired) electrons. The highest BCUT2D eigenvalue weighted by Gasteiger charge is 2.70. The van der Waals surface area contributed by atoms with Crippen LogP contribution in [0.2, 0.25) is 0 Å². The number of piperidine rings is 1. The fourth-order valence-corrected chi connectivity index (χ4v) is 4.20. The number of carbonyl (C=O) groups is 4. The van der Waals surface area contributed by atoms with Gasteiger partial charge >= 0.3 is 12.1 Å². The van der Waals surface area contributed by atoms with E-state index in [1.54, 1.807) is 0 Å². The Hall–Kier alpha value is -2.84. The molecule has 1 saturated carbocycles. The molecule has 2 aliphatic heterocycles. The third-order valence-corrected chi connectivity index (χ3v) is 6.02. The first-order valence-electron chi connectivity index (χ1n) is 19.0. The molecule has 0 bridgehead atoms. The molecule has 0 aromatic rings. The predicted molar refractivity (Wildman–Crippen MR) is 117 cm³/mol.